The van der Waals surface area contributed by atoms with Gasteiger partial charge in [-0.15, -0.1) is 34.8 Å². The summed E-state index contributed by atoms with van der Waals surface area (Å²) < 4.78 is 40.8. The molecule has 0 bridgehead atoms. The molecule has 2 amide bonds. The predicted molar refractivity (Wildman–Crippen MR) is 114 cm³/mol. The molecule has 4 nitrogen and oxygen atoms in total. The Balaban J connectivity index is 1.73. The van der Waals surface area contributed by atoms with Crippen molar-refractivity contribution in [3.8, 4) is 0 Å². The molecule has 1 fully saturated rings. The number of carbonyl (C=O) groups is 2. The molecular formula is C20H17Cl4F3N2O2. The summed E-state index contributed by atoms with van der Waals surface area (Å²) in [7, 11) is 0. The molecule has 168 valence electrons. The van der Waals surface area contributed by atoms with E-state index >= 15 is 0 Å². The lowest BCUT2D eigenvalue weighted by molar-refractivity contribution is -0.123. The summed E-state index contributed by atoms with van der Waals surface area (Å²) in [6, 6.07) is 2.59. The van der Waals surface area contributed by atoms with Crippen molar-refractivity contribution < 1.29 is 22.8 Å². The standard InChI is InChI=1S/C20H17Cl4F3N2O2/c21-6-1-7-28-18(30)14-12(26)4-5-13(17(14)27)29-19(31)16-15(20(16,23)24)9-2-3-11(25)10(22)8-9/h2-4,8,13,15-16H,1,5-7H2,(H,28,30)(H,29,31). The second-order valence-electron chi connectivity index (χ2n) is 7.17. The fraction of sp³-hybridized carbons (Fsp3) is 0.400. The van der Waals surface area contributed by atoms with Crippen LogP contribution >= 0.6 is 46.4 Å². The average molecular weight is 516 g/mol. The second-order valence-corrected chi connectivity index (χ2v) is 9.40. The van der Waals surface area contributed by atoms with Crippen LogP contribution in [-0.2, 0) is 9.59 Å². The third-order valence-corrected chi connectivity index (χ3v) is 6.59. The fourth-order valence-corrected chi connectivity index (χ4v) is 4.60. The maximum Gasteiger partial charge on any atom is 0.256 e. The molecule has 2 aliphatic rings. The van der Waals surface area contributed by atoms with Crippen LogP contribution in [0.2, 0.25) is 5.02 Å². The molecule has 0 aromatic heterocycles. The van der Waals surface area contributed by atoms with E-state index in [1.165, 1.54) is 12.1 Å². The Morgan fingerprint density at radius 3 is 2.55 bits per heavy atom. The molecule has 0 aliphatic heterocycles. The Morgan fingerprint density at radius 1 is 1.19 bits per heavy atom. The van der Waals surface area contributed by atoms with Gasteiger partial charge in [-0.3, -0.25) is 9.59 Å². The van der Waals surface area contributed by atoms with E-state index in [2.05, 4.69) is 10.6 Å². The van der Waals surface area contributed by atoms with Crippen molar-refractivity contribution in [2.45, 2.75) is 29.1 Å². The largest absolute Gasteiger partial charge is 0.352 e. The molecule has 0 spiro atoms. The van der Waals surface area contributed by atoms with Gasteiger partial charge in [-0.1, -0.05) is 17.7 Å². The topological polar surface area (TPSA) is 58.2 Å². The van der Waals surface area contributed by atoms with Crippen molar-refractivity contribution in [2.24, 2.45) is 5.92 Å². The number of hydrogen-bond acceptors (Lipinski definition) is 2. The van der Waals surface area contributed by atoms with Crippen LogP contribution in [0, 0.1) is 11.7 Å². The minimum Gasteiger partial charge on any atom is -0.352 e. The smallest absolute Gasteiger partial charge is 0.256 e. The minimum absolute atomic E-state index is 0.147. The molecular weight excluding hydrogens is 499 g/mol. The van der Waals surface area contributed by atoms with Gasteiger partial charge < -0.3 is 10.6 Å². The van der Waals surface area contributed by atoms with Gasteiger partial charge in [0, 0.05) is 18.3 Å². The van der Waals surface area contributed by atoms with Crippen LogP contribution in [0.15, 0.2) is 41.5 Å². The van der Waals surface area contributed by atoms with E-state index in [0.717, 1.165) is 12.1 Å². The summed E-state index contributed by atoms with van der Waals surface area (Å²) in [6.07, 6.45) is 1.25. The molecule has 0 radical (unpaired) electrons. The molecule has 1 aromatic carbocycles. The molecule has 3 rings (SSSR count). The first kappa shape index (κ1) is 24.2. The molecule has 31 heavy (non-hydrogen) atoms. The fourth-order valence-electron chi connectivity index (χ4n) is 3.45. The summed E-state index contributed by atoms with van der Waals surface area (Å²) in [5.41, 5.74) is -0.326. The zero-order chi connectivity index (χ0) is 22.9. The molecule has 11 heteroatoms. The summed E-state index contributed by atoms with van der Waals surface area (Å²) >= 11 is 23.8. The number of amides is 2. The zero-order valence-corrected chi connectivity index (χ0v) is 18.9. The third kappa shape index (κ3) is 5.00. The van der Waals surface area contributed by atoms with Gasteiger partial charge >= 0.3 is 0 Å². The number of hydrogen-bond donors (Lipinski definition) is 2. The summed E-state index contributed by atoms with van der Waals surface area (Å²) in [6.45, 7) is 0.147. The van der Waals surface area contributed by atoms with Crippen LogP contribution in [0.3, 0.4) is 0 Å². The lowest BCUT2D eigenvalue weighted by Crippen LogP contribution is -2.40. The summed E-state index contributed by atoms with van der Waals surface area (Å²) in [4.78, 5) is 24.9. The van der Waals surface area contributed by atoms with Crippen LogP contribution in [-0.4, -0.2) is 34.6 Å². The first-order valence-corrected chi connectivity index (χ1v) is 11.0. The normalized spacial score (nSPS) is 24.5. The molecule has 2 N–H and O–H groups in total. The predicted octanol–water partition coefficient (Wildman–Crippen LogP) is 5.08. The molecule has 0 saturated heterocycles. The monoisotopic (exact) mass is 514 g/mol. The van der Waals surface area contributed by atoms with Gasteiger partial charge in [-0.25, -0.2) is 13.2 Å². The van der Waals surface area contributed by atoms with Crippen molar-refractivity contribution in [3.63, 3.8) is 0 Å². The number of rotatable bonds is 7. The first-order chi connectivity index (χ1) is 14.6. The van der Waals surface area contributed by atoms with Gasteiger partial charge in [0.1, 0.15) is 27.4 Å². The SMILES string of the molecule is O=C(NCCCCl)C1=C(F)C(NC(=O)C2C(c3ccc(F)c(Cl)c3)C2(Cl)Cl)CC=C1F. The zero-order valence-electron chi connectivity index (χ0n) is 15.8. The van der Waals surface area contributed by atoms with Gasteiger partial charge in [0.15, 0.2) is 0 Å². The number of nitrogens with one attached hydrogen (secondary N) is 2. The minimum atomic E-state index is -1.51. The molecule has 3 unspecified atom stereocenters. The first-order valence-electron chi connectivity index (χ1n) is 9.32. The number of halogens is 7. The molecule has 1 saturated carbocycles. The molecule has 2 aliphatic carbocycles. The summed E-state index contributed by atoms with van der Waals surface area (Å²) in [5, 5.41) is 4.65. The van der Waals surface area contributed by atoms with E-state index in [1.807, 2.05) is 0 Å². The van der Waals surface area contributed by atoms with E-state index in [0.29, 0.717) is 12.0 Å². The lowest BCUT2D eigenvalue weighted by atomic mass is 9.99. The highest BCUT2D eigenvalue weighted by Gasteiger charge is 2.67. The Kier molecular flexibility index (Phi) is 7.51. The molecule has 3 atom stereocenters. The highest BCUT2D eigenvalue weighted by molar-refractivity contribution is 6.53. The van der Waals surface area contributed by atoms with E-state index in [1.54, 1.807) is 0 Å². The number of benzene rings is 1. The highest BCUT2D eigenvalue weighted by atomic mass is 35.5. The van der Waals surface area contributed by atoms with Crippen LogP contribution in [0.25, 0.3) is 0 Å². The van der Waals surface area contributed by atoms with E-state index in [-0.39, 0.29) is 23.9 Å². The van der Waals surface area contributed by atoms with Crippen molar-refractivity contribution in [1.82, 2.24) is 10.6 Å². The molecule has 1 aromatic rings. The van der Waals surface area contributed by atoms with Gasteiger partial charge in [0.25, 0.3) is 5.91 Å². The van der Waals surface area contributed by atoms with Crippen LogP contribution in [0.5, 0.6) is 0 Å². The van der Waals surface area contributed by atoms with Crippen LogP contribution < -0.4 is 10.6 Å². The Morgan fingerprint density at radius 2 is 1.90 bits per heavy atom. The second kappa shape index (κ2) is 9.61. The van der Waals surface area contributed by atoms with Crippen LogP contribution in [0.4, 0.5) is 13.2 Å². The van der Waals surface area contributed by atoms with Crippen molar-refractivity contribution in [2.75, 3.05) is 12.4 Å². The van der Waals surface area contributed by atoms with Gasteiger partial charge in [0.05, 0.1) is 17.0 Å². The van der Waals surface area contributed by atoms with Gasteiger partial charge in [-0.2, -0.15) is 0 Å². The Bertz CT molecular complexity index is 968. The lowest BCUT2D eigenvalue weighted by Gasteiger charge is -2.22. The summed E-state index contributed by atoms with van der Waals surface area (Å²) in [5.74, 6) is -5.77. The van der Waals surface area contributed by atoms with Gasteiger partial charge in [0.2, 0.25) is 5.91 Å². The quantitative estimate of drug-likeness (QED) is 0.393. The van der Waals surface area contributed by atoms with Crippen molar-refractivity contribution in [1.29, 1.82) is 0 Å². The van der Waals surface area contributed by atoms with E-state index in [9.17, 15) is 22.8 Å². The number of alkyl halides is 3. The Hall–Kier alpha value is -1.41. The maximum atomic E-state index is 14.8. The van der Waals surface area contributed by atoms with Crippen molar-refractivity contribution in [3.05, 3.63) is 57.9 Å². The van der Waals surface area contributed by atoms with Crippen molar-refractivity contribution >= 4 is 58.2 Å². The van der Waals surface area contributed by atoms with E-state index < -0.39 is 57.1 Å². The van der Waals surface area contributed by atoms with E-state index in [4.69, 9.17) is 46.4 Å². The maximum absolute atomic E-state index is 14.8. The Labute approximate surface area is 196 Å². The molecule has 0 heterocycles. The highest BCUT2D eigenvalue weighted by Crippen LogP contribution is 2.65. The number of carbonyl (C=O) groups excluding carboxylic acids is 2. The third-order valence-electron chi connectivity index (χ3n) is 5.09. The average Bonchev–Trinajstić information content (AvgIpc) is 3.28. The van der Waals surface area contributed by atoms with Crippen LogP contribution in [0.1, 0.15) is 24.3 Å². The van der Waals surface area contributed by atoms with Gasteiger partial charge in [-0.05, 0) is 36.6 Å².